The maximum Gasteiger partial charge on any atom is 0.0979 e. The van der Waals surface area contributed by atoms with E-state index in [0.717, 1.165) is 18.5 Å². The summed E-state index contributed by atoms with van der Waals surface area (Å²) in [6, 6.07) is 0. The van der Waals surface area contributed by atoms with E-state index >= 15 is 0 Å². The van der Waals surface area contributed by atoms with E-state index in [0.29, 0.717) is 4.99 Å². The van der Waals surface area contributed by atoms with Crippen LogP contribution in [-0.2, 0) is 0 Å². The lowest BCUT2D eigenvalue weighted by Crippen LogP contribution is -2.07. The number of rotatable bonds is 3. The van der Waals surface area contributed by atoms with E-state index in [1.807, 2.05) is 0 Å². The van der Waals surface area contributed by atoms with Crippen LogP contribution in [0.2, 0.25) is 0 Å². The van der Waals surface area contributed by atoms with Gasteiger partial charge in [0.15, 0.2) is 0 Å². The molecule has 0 aliphatic heterocycles. The Morgan fingerprint density at radius 2 is 2.11 bits per heavy atom. The Morgan fingerprint density at radius 1 is 1.56 bits per heavy atom. The molecule has 0 spiro atoms. The highest BCUT2D eigenvalue weighted by molar-refractivity contribution is 7.80. The van der Waals surface area contributed by atoms with E-state index in [4.69, 9.17) is 11.5 Å². The van der Waals surface area contributed by atoms with Crippen molar-refractivity contribution in [3.63, 3.8) is 0 Å². The van der Waals surface area contributed by atoms with Gasteiger partial charge >= 0.3 is 0 Å². The van der Waals surface area contributed by atoms with Gasteiger partial charge < -0.3 is 11.5 Å². The normalized spacial score (nSPS) is 11.4. The first kappa shape index (κ1) is 8.43. The molecule has 0 radical (unpaired) electrons. The van der Waals surface area contributed by atoms with Crippen LogP contribution in [-0.4, -0.2) is 4.99 Å². The molecule has 0 saturated heterocycles. The van der Waals surface area contributed by atoms with Crippen LogP contribution in [0.15, 0.2) is 11.8 Å². The fourth-order valence-electron chi connectivity index (χ4n) is 0.544. The lowest BCUT2D eigenvalue weighted by molar-refractivity contribution is 0.894. The zero-order valence-corrected chi connectivity index (χ0v) is 6.37. The van der Waals surface area contributed by atoms with Crippen molar-refractivity contribution < 1.29 is 0 Å². The van der Waals surface area contributed by atoms with E-state index in [2.05, 4.69) is 19.1 Å². The zero-order valence-electron chi connectivity index (χ0n) is 5.55. The summed E-state index contributed by atoms with van der Waals surface area (Å²) in [5.41, 5.74) is 11.4. The molecular weight excluding hydrogens is 132 g/mol. The van der Waals surface area contributed by atoms with Crippen LogP contribution < -0.4 is 11.5 Å². The summed E-state index contributed by atoms with van der Waals surface area (Å²) in [5, 5.41) is 0. The van der Waals surface area contributed by atoms with Gasteiger partial charge in [-0.25, -0.2) is 0 Å². The highest BCUT2D eigenvalue weighted by Crippen LogP contribution is 1.95. The van der Waals surface area contributed by atoms with E-state index in [9.17, 15) is 0 Å². The molecule has 52 valence electrons. The summed E-state index contributed by atoms with van der Waals surface area (Å²) in [6.07, 6.45) is 3.53. The Balaban J connectivity index is 3.69. The molecule has 2 nitrogen and oxygen atoms in total. The molecule has 0 aliphatic carbocycles. The van der Waals surface area contributed by atoms with Gasteiger partial charge in [0, 0.05) is 5.70 Å². The molecule has 0 aromatic carbocycles. The van der Waals surface area contributed by atoms with Gasteiger partial charge in [0.1, 0.15) is 0 Å². The largest absolute Gasteiger partial charge is 0.402 e. The number of hydrogen-bond donors (Lipinski definition) is 2. The van der Waals surface area contributed by atoms with E-state index in [-0.39, 0.29) is 0 Å². The fourth-order valence-corrected chi connectivity index (χ4v) is 0.695. The molecule has 0 aromatic rings. The molecule has 3 heteroatoms. The third kappa shape index (κ3) is 5.30. The molecule has 0 amide bonds. The Labute approximate surface area is 60.9 Å². The van der Waals surface area contributed by atoms with Crippen LogP contribution in [0.1, 0.15) is 19.8 Å². The summed E-state index contributed by atoms with van der Waals surface area (Å²) >= 11 is 4.61. The first-order valence-corrected chi connectivity index (χ1v) is 3.33. The van der Waals surface area contributed by atoms with Gasteiger partial charge in [0.25, 0.3) is 0 Å². The van der Waals surface area contributed by atoms with Crippen molar-refractivity contribution in [3.05, 3.63) is 11.8 Å². The Kier molecular flexibility index (Phi) is 4.05. The number of thiocarbonyl (C=S) groups is 1. The average Bonchev–Trinajstić information content (AvgIpc) is 1.63. The van der Waals surface area contributed by atoms with Crippen molar-refractivity contribution in [1.29, 1.82) is 0 Å². The molecule has 0 aromatic heterocycles. The van der Waals surface area contributed by atoms with Gasteiger partial charge in [-0.15, -0.1) is 0 Å². The highest BCUT2D eigenvalue weighted by atomic mass is 32.1. The third-order valence-electron chi connectivity index (χ3n) is 0.866. The van der Waals surface area contributed by atoms with Crippen LogP contribution in [0.4, 0.5) is 0 Å². The Bertz CT molecular complexity index is 129. The van der Waals surface area contributed by atoms with Crippen molar-refractivity contribution >= 4 is 17.2 Å². The van der Waals surface area contributed by atoms with Gasteiger partial charge in [0.05, 0.1) is 4.99 Å². The van der Waals surface area contributed by atoms with Crippen molar-refractivity contribution in [2.24, 2.45) is 11.5 Å². The SMILES string of the molecule is CCC/C(N)=C/C(N)=S. The standard InChI is InChI=1S/C6H12N2S/c1-2-3-5(7)4-6(8)9/h4H,2-3,7H2,1H3,(H2,8,9)/b5-4-. The monoisotopic (exact) mass is 144 g/mol. The minimum Gasteiger partial charge on any atom is -0.402 e. The molecule has 0 saturated carbocycles. The van der Waals surface area contributed by atoms with Gasteiger partial charge in [0.2, 0.25) is 0 Å². The first-order chi connectivity index (χ1) is 4.16. The van der Waals surface area contributed by atoms with Crippen LogP contribution in [0, 0.1) is 0 Å². The van der Waals surface area contributed by atoms with Gasteiger partial charge in [-0.3, -0.25) is 0 Å². The number of nitrogens with two attached hydrogens (primary N) is 2. The zero-order chi connectivity index (χ0) is 7.28. The molecule has 4 N–H and O–H groups in total. The number of allylic oxidation sites excluding steroid dienone is 1. The Hall–Kier alpha value is -0.570. The van der Waals surface area contributed by atoms with Gasteiger partial charge in [-0.1, -0.05) is 25.6 Å². The summed E-state index contributed by atoms with van der Waals surface area (Å²) in [4.78, 5) is 0.362. The second-order valence-corrected chi connectivity index (χ2v) is 2.34. The molecule has 0 rings (SSSR count). The molecule has 0 heterocycles. The lowest BCUT2D eigenvalue weighted by Gasteiger charge is -1.94. The minimum atomic E-state index is 0.362. The maximum absolute atomic E-state index is 5.48. The number of hydrogen-bond acceptors (Lipinski definition) is 2. The van der Waals surface area contributed by atoms with Crippen LogP contribution in [0.3, 0.4) is 0 Å². The second-order valence-electron chi connectivity index (χ2n) is 1.87. The molecule has 0 bridgehead atoms. The summed E-state index contributed by atoms with van der Waals surface area (Å²) < 4.78 is 0. The van der Waals surface area contributed by atoms with Crippen molar-refractivity contribution in [3.8, 4) is 0 Å². The summed E-state index contributed by atoms with van der Waals surface area (Å²) in [7, 11) is 0. The first-order valence-electron chi connectivity index (χ1n) is 2.92. The summed E-state index contributed by atoms with van der Waals surface area (Å²) in [6.45, 7) is 2.06. The highest BCUT2D eigenvalue weighted by Gasteiger charge is 1.86. The Morgan fingerprint density at radius 3 is 2.44 bits per heavy atom. The lowest BCUT2D eigenvalue weighted by atomic mass is 10.2. The van der Waals surface area contributed by atoms with Crippen LogP contribution in [0.5, 0.6) is 0 Å². The van der Waals surface area contributed by atoms with E-state index in [1.165, 1.54) is 0 Å². The fraction of sp³-hybridized carbons (Fsp3) is 0.500. The quantitative estimate of drug-likeness (QED) is 0.457. The van der Waals surface area contributed by atoms with Crippen LogP contribution >= 0.6 is 12.2 Å². The van der Waals surface area contributed by atoms with Gasteiger partial charge in [-0.2, -0.15) is 0 Å². The topological polar surface area (TPSA) is 52.0 Å². The molecule has 9 heavy (non-hydrogen) atoms. The average molecular weight is 144 g/mol. The van der Waals surface area contributed by atoms with Crippen LogP contribution in [0.25, 0.3) is 0 Å². The smallest absolute Gasteiger partial charge is 0.0979 e. The summed E-state index contributed by atoms with van der Waals surface area (Å²) in [5.74, 6) is 0. The third-order valence-corrected chi connectivity index (χ3v) is 0.984. The van der Waals surface area contributed by atoms with E-state index < -0.39 is 0 Å². The molecule has 0 aliphatic rings. The molecule has 0 atom stereocenters. The van der Waals surface area contributed by atoms with Crippen molar-refractivity contribution in [2.75, 3.05) is 0 Å². The minimum absolute atomic E-state index is 0.362. The van der Waals surface area contributed by atoms with Crippen molar-refractivity contribution in [2.45, 2.75) is 19.8 Å². The molecular formula is C6H12N2S. The van der Waals surface area contributed by atoms with Gasteiger partial charge in [-0.05, 0) is 12.5 Å². The van der Waals surface area contributed by atoms with Crippen molar-refractivity contribution in [1.82, 2.24) is 0 Å². The molecule has 0 unspecified atom stereocenters. The molecule has 0 fully saturated rings. The predicted molar refractivity (Wildman–Crippen MR) is 44.0 cm³/mol. The predicted octanol–water partition coefficient (Wildman–Crippen LogP) is 0.915. The van der Waals surface area contributed by atoms with E-state index in [1.54, 1.807) is 6.08 Å². The maximum atomic E-state index is 5.48. The second kappa shape index (κ2) is 4.32.